The van der Waals surface area contributed by atoms with E-state index in [1.54, 1.807) is 38.3 Å². The molecule has 1 fully saturated rings. The summed E-state index contributed by atoms with van der Waals surface area (Å²) in [6.07, 6.45) is 0.151. The SMILES string of the molecule is CCOC(=O)c1ccc(NC(=O)CC2C(=O)N(c3ccc(F)cc3)C(=O)N2CCc2ccc(OC)cc2)cc1. The summed E-state index contributed by atoms with van der Waals surface area (Å²) in [6.45, 7) is 2.13. The molecule has 4 amide bonds. The fourth-order valence-electron chi connectivity index (χ4n) is 4.25. The number of hydrogen-bond acceptors (Lipinski definition) is 6. The van der Waals surface area contributed by atoms with Gasteiger partial charge in [0.1, 0.15) is 17.6 Å². The second kappa shape index (κ2) is 12.2. The topological polar surface area (TPSA) is 105 Å². The Morgan fingerprint density at radius 3 is 2.23 bits per heavy atom. The van der Waals surface area contributed by atoms with E-state index in [0.717, 1.165) is 22.6 Å². The molecule has 0 saturated carbocycles. The van der Waals surface area contributed by atoms with Crippen molar-refractivity contribution in [1.29, 1.82) is 0 Å². The van der Waals surface area contributed by atoms with E-state index in [2.05, 4.69) is 5.32 Å². The van der Waals surface area contributed by atoms with Gasteiger partial charge < -0.3 is 19.7 Å². The first-order valence-electron chi connectivity index (χ1n) is 12.4. The van der Waals surface area contributed by atoms with Crippen LogP contribution in [0.25, 0.3) is 0 Å². The molecule has 1 unspecified atom stereocenters. The van der Waals surface area contributed by atoms with Gasteiger partial charge in [0.05, 0.1) is 31.4 Å². The van der Waals surface area contributed by atoms with Crippen LogP contribution in [0, 0.1) is 5.82 Å². The summed E-state index contributed by atoms with van der Waals surface area (Å²) >= 11 is 0. The number of carbonyl (C=O) groups is 4. The summed E-state index contributed by atoms with van der Waals surface area (Å²) in [5.74, 6) is -1.34. The van der Waals surface area contributed by atoms with Crippen LogP contribution < -0.4 is 15.0 Å². The van der Waals surface area contributed by atoms with E-state index in [4.69, 9.17) is 9.47 Å². The van der Waals surface area contributed by atoms with Gasteiger partial charge in [0.15, 0.2) is 0 Å². The summed E-state index contributed by atoms with van der Waals surface area (Å²) in [5, 5.41) is 2.71. The molecule has 4 rings (SSSR count). The van der Waals surface area contributed by atoms with E-state index < -0.39 is 35.7 Å². The molecule has 0 bridgehead atoms. The second-order valence-corrected chi connectivity index (χ2v) is 8.79. The maximum absolute atomic E-state index is 13.5. The Morgan fingerprint density at radius 1 is 0.949 bits per heavy atom. The fraction of sp³-hybridized carbons (Fsp3) is 0.241. The number of esters is 1. The number of halogens is 1. The molecule has 0 spiro atoms. The van der Waals surface area contributed by atoms with Crippen molar-refractivity contribution in [2.75, 3.05) is 30.5 Å². The number of urea groups is 1. The maximum Gasteiger partial charge on any atom is 0.338 e. The standard InChI is InChI=1S/C29H28FN3O6/c1-3-39-28(36)20-6-10-22(11-7-20)31-26(34)18-25-27(35)33(23-12-8-21(30)9-13-23)29(37)32(25)17-16-19-4-14-24(38-2)15-5-19/h4-15,25H,3,16-18H2,1-2H3,(H,31,34). The minimum absolute atomic E-state index is 0.181. The lowest BCUT2D eigenvalue weighted by Gasteiger charge is -2.21. The van der Waals surface area contributed by atoms with Gasteiger partial charge in [-0.1, -0.05) is 12.1 Å². The highest BCUT2D eigenvalue weighted by atomic mass is 19.1. The lowest BCUT2D eigenvalue weighted by Crippen LogP contribution is -2.39. The molecule has 10 heteroatoms. The molecule has 1 saturated heterocycles. The molecule has 0 aliphatic carbocycles. The van der Waals surface area contributed by atoms with Gasteiger partial charge in [0, 0.05) is 12.2 Å². The molecule has 1 atom stereocenters. The second-order valence-electron chi connectivity index (χ2n) is 8.79. The van der Waals surface area contributed by atoms with E-state index in [0.29, 0.717) is 23.4 Å². The van der Waals surface area contributed by atoms with Crippen molar-refractivity contribution in [2.24, 2.45) is 0 Å². The monoisotopic (exact) mass is 533 g/mol. The molecule has 3 aromatic carbocycles. The average Bonchev–Trinajstić information content (AvgIpc) is 3.16. The number of methoxy groups -OCH3 is 1. The Morgan fingerprint density at radius 2 is 1.62 bits per heavy atom. The molecule has 39 heavy (non-hydrogen) atoms. The molecule has 3 aromatic rings. The highest BCUT2D eigenvalue weighted by molar-refractivity contribution is 6.22. The Hall–Kier alpha value is -4.73. The van der Waals surface area contributed by atoms with Gasteiger partial charge in [-0.15, -0.1) is 0 Å². The number of rotatable bonds is 10. The van der Waals surface area contributed by atoms with Crippen molar-refractivity contribution in [3.63, 3.8) is 0 Å². The smallest absolute Gasteiger partial charge is 0.338 e. The number of benzene rings is 3. The molecule has 0 aromatic heterocycles. The molecule has 202 valence electrons. The highest BCUT2D eigenvalue weighted by Gasteiger charge is 2.46. The first-order valence-corrected chi connectivity index (χ1v) is 12.4. The maximum atomic E-state index is 13.5. The third kappa shape index (κ3) is 6.40. The number of anilines is 2. The predicted molar refractivity (Wildman–Crippen MR) is 142 cm³/mol. The van der Waals surface area contributed by atoms with Gasteiger partial charge in [-0.2, -0.15) is 0 Å². The van der Waals surface area contributed by atoms with Crippen LogP contribution in [0.4, 0.5) is 20.6 Å². The average molecular weight is 534 g/mol. The van der Waals surface area contributed by atoms with Gasteiger partial charge >= 0.3 is 12.0 Å². The Kier molecular flexibility index (Phi) is 8.55. The summed E-state index contributed by atoms with van der Waals surface area (Å²) in [7, 11) is 1.57. The molecular weight excluding hydrogens is 505 g/mol. The summed E-state index contributed by atoms with van der Waals surface area (Å²) in [5.41, 5.74) is 1.90. The van der Waals surface area contributed by atoms with E-state index in [1.165, 1.54) is 29.2 Å². The van der Waals surface area contributed by atoms with Gasteiger partial charge in [0.2, 0.25) is 5.91 Å². The van der Waals surface area contributed by atoms with Gasteiger partial charge in [-0.3, -0.25) is 9.59 Å². The fourth-order valence-corrected chi connectivity index (χ4v) is 4.25. The molecule has 1 heterocycles. The number of carbonyl (C=O) groups excluding carboxylic acids is 4. The number of hydrogen-bond donors (Lipinski definition) is 1. The van der Waals surface area contributed by atoms with Crippen LogP contribution in [-0.2, 0) is 20.7 Å². The van der Waals surface area contributed by atoms with Crippen LogP contribution in [0.5, 0.6) is 5.75 Å². The third-order valence-corrected chi connectivity index (χ3v) is 6.26. The van der Waals surface area contributed by atoms with Gasteiger partial charge in [-0.25, -0.2) is 18.9 Å². The normalized spacial score (nSPS) is 14.9. The zero-order valence-electron chi connectivity index (χ0n) is 21.6. The minimum Gasteiger partial charge on any atom is -0.497 e. The van der Waals surface area contributed by atoms with E-state index >= 15 is 0 Å². The van der Waals surface area contributed by atoms with Crippen LogP contribution in [0.1, 0.15) is 29.3 Å². The number of imide groups is 1. The third-order valence-electron chi connectivity index (χ3n) is 6.26. The molecule has 1 aliphatic rings. The van der Waals surface area contributed by atoms with Crippen LogP contribution in [0.15, 0.2) is 72.8 Å². The molecule has 9 nitrogen and oxygen atoms in total. The van der Waals surface area contributed by atoms with Crippen molar-refractivity contribution in [3.05, 3.63) is 89.7 Å². The molecule has 1 N–H and O–H groups in total. The van der Waals surface area contributed by atoms with Gasteiger partial charge in [-0.05, 0) is 79.6 Å². The van der Waals surface area contributed by atoms with Crippen LogP contribution >= 0.6 is 0 Å². The van der Waals surface area contributed by atoms with Gasteiger partial charge in [0.25, 0.3) is 5.91 Å². The number of ether oxygens (including phenoxy) is 2. The summed E-state index contributed by atoms with van der Waals surface area (Å²) in [4.78, 5) is 53.9. The van der Waals surface area contributed by atoms with Crippen molar-refractivity contribution < 1.29 is 33.0 Å². The number of nitrogens with zero attached hydrogens (tertiary/aromatic N) is 2. The quantitative estimate of drug-likeness (QED) is 0.306. The largest absolute Gasteiger partial charge is 0.497 e. The van der Waals surface area contributed by atoms with Crippen LogP contribution in [0.2, 0.25) is 0 Å². The van der Waals surface area contributed by atoms with Crippen LogP contribution in [-0.4, -0.2) is 55.0 Å². The molecular formula is C29H28FN3O6. The number of amides is 4. The number of nitrogens with one attached hydrogen (secondary N) is 1. The van der Waals surface area contributed by atoms with E-state index in [1.807, 2.05) is 12.1 Å². The van der Waals surface area contributed by atoms with Crippen molar-refractivity contribution in [1.82, 2.24) is 4.90 Å². The van der Waals surface area contributed by atoms with Crippen molar-refractivity contribution in [3.8, 4) is 5.75 Å². The highest BCUT2D eigenvalue weighted by Crippen LogP contribution is 2.28. The summed E-state index contributed by atoms with van der Waals surface area (Å²) in [6, 6.07) is 16.9. The molecule has 0 radical (unpaired) electrons. The molecule has 1 aliphatic heterocycles. The first-order chi connectivity index (χ1) is 18.8. The Labute approximate surface area is 225 Å². The predicted octanol–water partition coefficient (Wildman–Crippen LogP) is 4.42. The van der Waals surface area contributed by atoms with Crippen LogP contribution in [0.3, 0.4) is 0 Å². The zero-order chi connectivity index (χ0) is 27.9. The summed E-state index contributed by atoms with van der Waals surface area (Å²) < 4.78 is 23.6. The Bertz CT molecular complexity index is 1340. The Balaban J connectivity index is 1.50. The van der Waals surface area contributed by atoms with Crippen molar-refractivity contribution >= 4 is 35.2 Å². The lowest BCUT2D eigenvalue weighted by atomic mass is 10.1. The lowest BCUT2D eigenvalue weighted by molar-refractivity contribution is -0.124. The minimum atomic E-state index is -1.06. The first kappa shape index (κ1) is 27.3. The van der Waals surface area contributed by atoms with E-state index in [9.17, 15) is 23.6 Å². The zero-order valence-corrected chi connectivity index (χ0v) is 21.6. The van der Waals surface area contributed by atoms with Crippen molar-refractivity contribution in [2.45, 2.75) is 25.8 Å². The van der Waals surface area contributed by atoms with E-state index in [-0.39, 0.29) is 25.3 Å².